The second kappa shape index (κ2) is 9.56. The van der Waals surface area contributed by atoms with Crippen molar-refractivity contribution < 1.29 is 0 Å². The van der Waals surface area contributed by atoms with E-state index in [1.807, 2.05) is 7.05 Å². The molecule has 1 aliphatic heterocycles. The van der Waals surface area contributed by atoms with Gasteiger partial charge in [-0.2, -0.15) is 0 Å². The van der Waals surface area contributed by atoms with E-state index >= 15 is 0 Å². The van der Waals surface area contributed by atoms with Crippen LogP contribution in [0.4, 0.5) is 0 Å². The van der Waals surface area contributed by atoms with Gasteiger partial charge in [-0.05, 0) is 43.4 Å². The molecule has 0 amide bonds. The fourth-order valence-electron chi connectivity index (χ4n) is 3.69. The van der Waals surface area contributed by atoms with E-state index < -0.39 is 0 Å². The number of rotatable bonds is 5. The van der Waals surface area contributed by atoms with Crippen LogP contribution in [-0.2, 0) is 13.1 Å². The van der Waals surface area contributed by atoms with E-state index in [1.165, 1.54) is 22.3 Å². The quantitative estimate of drug-likeness (QED) is 0.629. The number of hydrogen-bond acceptors (Lipinski definition) is 2. The zero-order chi connectivity index (χ0) is 19.1. The van der Waals surface area contributed by atoms with Gasteiger partial charge in [-0.3, -0.25) is 9.89 Å². The van der Waals surface area contributed by atoms with Crippen LogP contribution in [0.1, 0.15) is 35.1 Å². The number of aliphatic imine (C=N–C) groups is 1. The van der Waals surface area contributed by atoms with Crippen LogP contribution in [0, 0.1) is 13.8 Å². The van der Waals surface area contributed by atoms with Gasteiger partial charge in [0.25, 0.3) is 0 Å². The molecule has 0 bridgehead atoms. The normalized spacial score (nSPS) is 16.3. The van der Waals surface area contributed by atoms with Crippen LogP contribution in [0.3, 0.4) is 0 Å². The molecule has 0 spiro atoms. The minimum absolute atomic E-state index is 0.488. The van der Waals surface area contributed by atoms with Gasteiger partial charge >= 0.3 is 0 Å². The van der Waals surface area contributed by atoms with Crippen molar-refractivity contribution in [3.8, 4) is 0 Å². The summed E-state index contributed by atoms with van der Waals surface area (Å²) in [5.41, 5.74) is 5.35. The monoisotopic (exact) mass is 364 g/mol. The SMILES string of the molecule is CN=C(NCc1ccc(C)cc1C)NC1CCN(Cc2ccccc2)CC1. The molecule has 0 radical (unpaired) electrons. The van der Waals surface area contributed by atoms with E-state index in [9.17, 15) is 0 Å². The Morgan fingerprint density at radius 3 is 2.48 bits per heavy atom. The van der Waals surface area contributed by atoms with Crippen LogP contribution in [0.5, 0.6) is 0 Å². The van der Waals surface area contributed by atoms with Crippen molar-refractivity contribution in [2.75, 3.05) is 20.1 Å². The third-order valence-electron chi connectivity index (χ3n) is 5.35. The standard InChI is InChI=1S/C23H32N4/c1-18-9-10-21(19(2)15-18)16-25-23(24-3)26-22-11-13-27(14-12-22)17-20-7-5-4-6-8-20/h4-10,15,22H,11-14,16-17H2,1-3H3,(H2,24,25,26). The molecule has 27 heavy (non-hydrogen) atoms. The number of piperidine rings is 1. The van der Waals surface area contributed by atoms with Gasteiger partial charge < -0.3 is 10.6 Å². The molecule has 144 valence electrons. The minimum Gasteiger partial charge on any atom is -0.354 e. The van der Waals surface area contributed by atoms with E-state index in [1.54, 1.807) is 0 Å². The summed E-state index contributed by atoms with van der Waals surface area (Å²) in [4.78, 5) is 6.95. The Hall–Kier alpha value is -2.33. The molecule has 4 heteroatoms. The largest absolute Gasteiger partial charge is 0.354 e. The zero-order valence-corrected chi connectivity index (χ0v) is 16.8. The van der Waals surface area contributed by atoms with Crippen molar-refractivity contribution >= 4 is 5.96 Å². The molecule has 1 fully saturated rings. The summed E-state index contributed by atoms with van der Waals surface area (Å²) in [5, 5.41) is 7.07. The van der Waals surface area contributed by atoms with E-state index in [0.29, 0.717) is 6.04 Å². The first-order valence-corrected chi connectivity index (χ1v) is 9.93. The highest BCUT2D eigenvalue weighted by Gasteiger charge is 2.20. The predicted molar refractivity (Wildman–Crippen MR) is 114 cm³/mol. The van der Waals surface area contributed by atoms with Crippen molar-refractivity contribution in [3.63, 3.8) is 0 Å². The maximum Gasteiger partial charge on any atom is 0.191 e. The van der Waals surface area contributed by atoms with Gasteiger partial charge in [0.2, 0.25) is 0 Å². The number of nitrogens with one attached hydrogen (secondary N) is 2. The Morgan fingerprint density at radius 1 is 1.07 bits per heavy atom. The fraction of sp³-hybridized carbons (Fsp3) is 0.435. The smallest absolute Gasteiger partial charge is 0.191 e. The molecule has 4 nitrogen and oxygen atoms in total. The molecule has 0 aromatic heterocycles. The second-order valence-corrected chi connectivity index (χ2v) is 7.54. The minimum atomic E-state index is 0.488. The van der Waals surface area contributed by atoms with Crippen LogP contribution in [0.2, 0.25) is 0 Å². The topological polar surface area (TPSA) is 39.7 Å². The molecule has 0 atom stereocenters. The van der Waals surface area contributed by atoms with Gasteiger partial charge in [-0.25, -0.2) is 0 Å². The number of likely N-dealkylation sites (tertiary alicyclic amines) is 1. The molecule has 0 aliphatic carbocycles. The summed E-state index contributed by atoms with van der Waals surface area (Å²) in [7, 11) is 1.85. The van der Waals surface area contributed by atoms with Gasteiger partial charge in [0.05, 0.1) is 0 Å². The van der Waals surface area contributed by atoms with E-state index in [4.69, 9.17) is 0 Å². The molecule has 0 saturated carbocycles. The predicted octanol–water partition coefficient (Wildman–Crippen LogP) is 3.63. The zero-order valence-electron chi connectivity index (χ0n) is 16.8. The first-order chi connectivity index (χ1) is 13.1. The number of benzene rings is 2. The number of nitrogens with zero attached hydrogens (tertiary/aromatic N) is 2. The number of hydrogen-bond donors (Lipinski definition) is 2. The van der Waals surface area contributed by atoms with Crippen molar-refractivity contribution in [2.45, 2.75) is 45.8 Å². The first-order valence-electron chi connectivity index (χ1n) is 9.93. The van der Waals surface area contributed by atoms with E-state index in [0.717, 1.165) is 45.0 Å². The molecular formula is C23H32N4. The molecule has 2 aromatic carbocycles. The Bertz CT molecular complexity index is 746. The third kappa shape index (κ3) is 5.83. The highest BCUT2D eigenvalue weighted by Crippen LogP contribution is 2.14. The maximum atomic E-state index is 4.41. The molecule has 2 N–H and O–H groups in total. The summed E-state index contributed by atoms with van der Waals surface area (Å²) < 4.78 is 0. The Balaban J connectivity index is 1.44. The van der Waals surface area contributed by atoms with Gasteiger partial charge in [-0.1, -0.05) is 54.1 Å². The lowest BCUT2D eigenvalue weighted by molar-refractivity contribution is 0.198. The van der Waals surface area contributed by atoms with Gasteiger partial charge in [0.1, 0.15) is 0 Å². The second-order valence-electron chi connectivity index (χ2n) is 7.54. The Labute approximate surface area is 163 Å². The number of aryl methyl sites for hydroxylation is 2. The van der Waals surface area contributed by atoms with Gasteiger partial charge in [0.15, 0.2) is 5.96 Å². The van der Waals surface area contributed by atoms with Gasteiger partial charge in [0, 0.05) is 39.3 Å². The van der Waals surface area contributed by atoms with Crippen LogP contribution >= 0.6 is 0 Å². The summed E-state index contributed by atoms with van der Waals surface area (Å²) >= 11 is 0. The molecular weight excluding hydrogens is 332 g/mol. The number of guanidine groups is 1. The van der Waals surface area contributed by atoms with E-state index in [-0.39, 0.29) is 0 Å². The van der Waals surface area contributed by atoms with Crippen LogP contribution < -0.4 is 10.6 Å². The summed E-state index contributed by atoms with van der Waals surface area (Å²) in [6.45, 7) is 8.41. The molecule has 1 heterocycles. The highest BCUT2D eigenvalue weighted by molar-refractivity contribution is 5.80. The molecule has 0 unspecified atom stereocenters. The maximum absolute atomic E-state index is 4.41. The Morgan fingerprint density at radius 2 is 1.81 bits per heavy atom. The van der Waals surface area contributed by atoms with Crippen molar-refractivity contribution in [1.29, 1.82) is 0 Å². The van der Waals surface area contributed by atoms with Gasteiger partial charge in [-0.15, -0.1) is 0 Å². The Kier molecular flexibility index (Phi) is 6.88. The average Bonchev–Trinajstić information content (AvgIpc) is 2.68. The summed E-state index contributed by atoms with van der Waals surface area (Å²) in [6.07, 6.45) is 2.30. The average molecular weight is 365 g/mol. The highest BCUT2D eigenvalue weighted by atomic mass is 15.2. The van der Waals surface area contributed by atoms with Crippen molar-refractivity contribution in [3.05, 3.63) is 70.8 Å². The van der Waals surface area contributed by atoms with Crippen LogP contribution in [0.15, 0.2) is 53.5 Å². The lowest BCUT2D eigenvalue weighted by Crippen LogP contribution is -2.48. The van der Waals surface area contributed by atoms with Crippen LogP contribution in [-0.4, -0.2) is 37.0 Å². The van der Waals surface area contributed by atoms with E-state index in [2.05, 4.69) is 82.9 Å². The lowest BCUT2D eigenvalue weighted by atomic mass is 10.0. The molecule has 3 rings (SSSR count). The van der Waals surface area contributed by atoms with Crippen molar-refractivity contribution in [1.82, 2.24) is 15.5 Å². The third-order valence-corrected chi connectivity index (χ3v) is 5.35. The first kappa shape index (κ1) is 19.4. The molecule has 2 aromatic rings. The van der Waals surface area contributed by atoms with Crippen molar-refractivity contribution in [2.24, 2.45) is 4.99 Å². The summed E-state index contributed by atoms with van der Waals surface area (Å²) in [5.74, 6) is 0.900. The lowest BCUT2D eigenvalue weighted by Gasteiger charge is -2.33. The molecule has 1 aliphatic rings. The van der Waals surface area contributed by atoms with Crippen LogP contribution in [0.25, 0.3) is 0 Å². The fourth-order valence-corrected chi connectivity index (χ4v) is 3.69. The molecule has 1 saturated heterocycles. The summed E-state index contributed by atoms with van der Waals surface area (Å²) in [6, 6.07) is 17.8.